The maximum atomic E-state index is 11.6. The molecule has 0 bridgehead atoms. The molecule has 2 aromatic heterocycles. The van der Waals surface area contributed by atoms with Crippen LogP contribution in [0, 0.1) is 13.8 Å². The van der Waals surface area contributed by atoms with E-state index in [9.17, 15) is 4.79 Å². The van der Waals surface area contributed by atoms with Crippen LogP contribution in [-0.2, 0) is 0 Å². The average Bonchev–Trinajstić information content (AvgIpc) is 2.75. The number of benzene rings is 1. The molecule has 3 rings (SSSR count). The van der Waals surface area contributed by atoms with Gasteiger partial charge in [-0.1, -0.05) is 5.16 Å². The van der Waals surface area contributed by atoms with E-state index in [-0.39, 0.29) is 0 Å². The summed E-state index contributed by atoms with van der Waals surface area (Å²) in [6.07, 6.45) is 0. The molecule has 0 saturated carbocycles. The first-order chi connectivity index (χ1) is 9.52. The minimum absolute atomic E-state index is 0.377. The van der Waals surface area contributed by atoms with E-state index < -0.39 is 5.63 Å². The lowest BCUT2D eigenvalue weighted by molar-refractivity contribution is 0.318. The molecular formula is C15H13NO4. The summed E-state index contributed by atoms with van der Waals surface area (Å²) in [5.74, 6) is 0.485. The van der Waals surface area contributed by atoms with Crippen LogP contribution in [0.3, 0.4) is 0 Å². The molecular weight excluding hydrogens is 258 g/mol. The van der Waals surface area contributed by atoms with Gasteiger partial charge in [0, 0.05) is 17.0 Å². The fourth-order valence-corrected chi connectivity index (χ4v) is 2.50. The maximum Gasteiger partial charge on any atom is 0.336 e. The molecule has 0 spiro atoms. The molecule has 2 heterocycles. The van der Waals surface area contributed by atoms with Crippen LogP contribution in [0.5, 0.6) is 0 Å². The Morgan fingerprint density at radius 2 is 2.00 bits per heavy atom. The summed E-state index contributed by atoms with van der Waals surface area (Å²) in [6, 6.07) is 5.14. The predicted molar refractivity (Wildman–Crippen MR) is 75.7 cm³/mol. The third kappa shape index (κ3) is 1.63. The molecule has 0 saturated heterocycles. The Morgan fingerprint density at radius 1 is 1.25 bits per heavy atom. The van der Waals surface area contributed by atoms with Crippen molar-refractivity contribution in [2.24, 2.45) is 5.16 Å². The number of hydrogen-bond donors (Lipinski definition) is 1. The number of aryl methyl sites for hydroxylation is 2. The number of furan rings is 1. The number of fused-ring (bicyclic) bond motifs is 3. The highest BCUT2D eigenvalue weighted by Gasteiger charge is 2.18. The van der Waals surface area contributed by atoms with E-state index in [2.05, 4.69) is 5.16 Å². The van der Waals surface area contributed by atoms with Crippen molar-refractivity contribution in [2.75, 3.05) is 0 Å². The molecule has 1 aromatic carbocycles. The van der Waals surface area contributed by atoms with Crippen molar-refractivity contribution >= 4 is 27.7 Å². The first kappa shape index (κ1) is 12.5. The summed E-state index contributed by atoms with van der Waals surface area (Å²) in [5, 5.41) is 13.7. The molecule has 1 N–H and O–H groups in total. The first-order valence-corrected chi connectivity index (χ1v) is 6.18. The smallest absolute Gasteiger partial charge is 0.336 e. The monoisotopic (exact) mass is 271 g/mol. The van der Waals surface area contributed by atoms with Gasteiger partial charge in [0.1, 0.15) is 16.9 Å². The second kappa shape index (κ2) is 4.23. The SMILES string of the molecule is C/C(=N\O)c1oc2ccc3c(C)cc(=O)oc3c2c1C. The molecule has 5 heteroatoms. The molecule has 0 amide bonds. The molecule has 0 aliphatic carbocycles. The van der Waals surface area contributed by atoms with Gasteiger partial charge in [0.25, 0.3) is 0 Å². The minimum Gasteiger partial charge on any atom is -0.454 e. The second-order valence-corrected chi connectivity index (χ2v) is 4.81. The van der Waals surface area contributed by atoms with Crippen molar-refractivity contribution in [3.63, 3.8) is 0 Å². The number of oxime groups is 1. The van der Waals surface area contributed by atoms with Crippen LogP contribution in [0.25, 0.3) is 21.9 Å². The normalized spacial score (nSPS) is 12.4. The predicted octanol–water partition coefficient (Wildman–Crippen LogP) is 3.35. The molecule has 0 aliphatic rings. The van der Waals surface area contributed by atoms with E-state index in [1.807, 2.05) is 26.0 Å². The highest BCUT2D eigenvalue weighted by Crippen LogP contribution is 2.32. The lowest BCUT2D eigenvalue weighted by Crippen LogP contribution is -1.98. The average molecular weight is 271 g/mol. The Balaban J connectivity index is 2.54. The van der Waals surface area contributed by atoms with Gasteiger partial charge < -0.3 is 14.0 Å². The van der Waals surface area contributed by atoms with Gasteiger partial charge in [-0.05, 0) is 38.5 Å². The molecule has 5 nitrogen and oxygen atoms in total. The largest absolute Gasteiger partial charge is 0.454 e. The molecule has 0 radical (unpaired) electrons. The Hall–Kier alpha value is -2.56. The second-order valence-electron chi connectivity index (χ2n) is 4.81. The van der Waals surface area contributed by atoms with Crippen molar-refractivity contribution in [1.29, 1.82) is 0 Å². The highest BCUT2D eigenvalue weighted by atomic mass is 16.4. The zero-order valence-corrected chi connectivity index (χ0v) is 11.4. The van der Waals surface area contributed by atoms with Gasteiger partial charge in [0.15, 0.2) is 5.76 Å². The zero-order valence-electron chi connectivity index (χ0n) is 11.4. The molecule has 0 atom stereocenters. The molecule has 102 valence electrons. The fourth-order valence-electron chi connectivity index (χ4n) is 2.50. The summed E-state index contributed by atoms with van der Waals surface area (Å²) >= 11 is 0. The molecule has 0 aliphatic heterocycles. The molecule has 0 fully saturated rings. The topological polar surface area (TPSA) is 75.9 Å². The number of hydrogen-bond acceptors (Lipinski definition) is 5. The van der Waals surface area contributed by atoms with Crippen LogP contribution in [0.2, 0.25) is 0 Å². The number of nitrogens with zero attached hydrogens (tertiary/aromatic N) is 1. The van der Waals surface area contributed by atoms with Crippen LogP contribution < -0.4 is 5.63 Å². The van der Waals surface area contributed by atoms with E-state index in [1.54, 1.807) is 6.92 Å². The van der Waals surface area contributed by atoms with Crippen LogP contribution >= 0.6 is 0 Å². The molecule has 20 heavy (non-hydrogen) atoms. The lowest BCUT2D eigenvalue weighted by Gasteiger charge is -2.01. The molecule has 3 aromatic rings. The number of rotatable bonds is 1. The van der Waals surface area contributed by atoms with Gasteiger partial charge in [-0.3, -0.25) is 0 Å². The summed E-state index contributed by atoms with van der Waals surface area (Å²) in [6.45, 7) is 5.35. The van der Waals surface area contributed by atoms with Crippen molar-refractivity contribution < 1.29 is 14.0 Å². The Bertz CT molecular complexity index is 915. The van der Waals surface area contributed by atoms with Crippen LogP contribution in [0.1, 0.15) is 23.8 Å². The zero-order chi connectivity index (χ0) is 14.4. The Labute approximate surface area is 114 Å². The quantitative estimate of drug-likeness (QED) is 0.318. The Kier molecular flexibility index (Phi) is 2.64. The van der Waals surface area contributed by atoms with Gasteiger partial charge in [0.2, 0.25) is 0 Å². The maximum absolute atomic E-state index is 11.6. The standard InChI is InChI=1S/C15H13NO4/c1-7-6-12(17)20-15-10(7)4-5-11-13(15)8(2)14(19-11)9(3)16-18/h4-6,18H,1-3H3/b16-9+. The van der Waals surface area contributed by atoms with Crippen molar-refractivity contribution in [2.45, 2.75) is 20.8 Å². The van der Waals surface area contributed by atoms with Gasteiger partial charge in [0.05, 0.1) is 5.39 Å². The summed E-state index contributed by atoms with van der Waals surface area (Å²) in [5.41, 5.74) is 2.73. The van der Waals surface area contributed by atoms with Crippen LogP contribution in [0.15, 0.2) is 37.0 Å². The third-order valence-electron chi connectivity index (χ3n) is 3.49. The lowest BCUT2D eigenvalue weighted by atomic mass is 10.1. The summed E-state index contributed by atoms with van der Waals surface area (Å²) in [7, 11) is 0. The first-order valence-electron chi connectivity index (χ1n) is 6.18. The van der Waals surface area contributed by atoms with Crippen molar-refractivity contribution in [3.8, 4) is 0 Å². The van der Waals surface area contributed by atoms with Crippen molar-refractivity contribution in [3.05, 3.63) is 45.5 Å². The summed E-state index contributed by atoms with van der Waals surface area (Å²) in [4.78, 5) is 11.6. The van der Waals surface area contributed by atoms with E-state index in [4.69, 9.17) is 14.0 Å². The van der Waals surface area contributed by atoms with Crippen LogP contribution in [-0.4, -0.2) is 10.9 Å². The minimum atomic E-state index is -0.391. The van der Waals surface area contributed by atoms with Crippen molar-refractivity contribution in [1.82, 2.24) is 0 Å². The van der Waals surface area contributed by atoms with E-state index >= 15 is 0 Å². The van der Waals surface area contributed by atoms with Gasteiger partial charge in [-0.2, -0.15) is 0 Å². The van der Waals surface area contributed by atoms with E-state index in [0.29, 0.717) is 22.6 Å². The Morgan fingerprint density at radius 3 is 2.70 bits per heavy atom. The van der Waals surface area contributed by atoms with Gasteiger partial charge in [-0.25, -0.2) is 4.79 Å². The third-order valence-corrected chi connectivity index (χ3v) is 3.49. The summed E-state index contributed by atoms with van der Waals surface area (Å²) < 4.78 is 11.0. The fraction of sp³-hybridized carbons (Fsp3) is 0.200. The van der Waals surface area contributed by atoms with Gasteiger partial charge >= 0.3 is 5.63 Å². The van der Waals surface area contributed by atoms with E-state index in [1.165, 1.54) is 6.07 Å². The van der Waals surface area contributed by atoms with Crippen LogP contribution in [0.4, 0.5) is 0 Å². The highest BCUT2D eigenvalue weighted by molar-refractivity contribution is 6.09. The van der Waals surface area contributed by atoms with E-state index in [0.717, 1.165) is 21.9 Å². The van der Waals surface area contributed by atoms with Gasteiger partial charge in [-0.15, -0.1) is 0 Å². The molecule has 0 unspecified atom stereocenters.